The Morgan fingerprint density at radius 1 is 1.22 bits per heavy atom. The van der Waals surface area contributed by atoms with E-state index in [2.05, 4.69) is 32.8 Å². The SMILES string of the molecule is CN1CCN(CCCc2ccc(F)cc2Br)CC1. The van der Waals surface area contributed by atoms with Crippen LogP contribution in [0, 0.1) is 5.82 Å². The lowest BCUT2D eigenvalue weighted by atomic mass is 10.1. The molecule has 0 unspecified atom stereocenters. The third-order valence-electron chi connectivity index (χ3n) is 3.53. The summed E-state index contributed by atoms with van der Waals surface area (Å²) in [7, 11) is 2.17. The summed E-state index contributed by atoms with van der Waals surface area (Å²) in [5.41, 5.74) is 1.20. The predicted octanol–water partition coefficient (Wildman–Crippen LogP) is 2.77. The molecule has 1 fully saturated rings. The van der Waals surface area contributed by atoms with Crippen LogP contribution in [0.25, 0.3) is 0 Å². The van der Waals surface area contributed by atoms with E-state index in [-0.39, 0.29) is 5.82 Å². The maximum atomic E-state index is 13.0. The van der Waals surface area contributed by atoms with E-state index < -0.39 is 0 Å². The zero-order valence-electron chi connectivity index (χ0n) is 10.8. The first-order valence-electron chi connectivity index (χ1n) is 6.50. The number of piperazine rings is 1. The van der Waals surface area contributed by atoms with Crippen LogP contribution in [0.1, 0.15) is 12.0 Å². The molecule has 0 atom stereocenters. The molecular formula is C14H20BrFN2. The van der Waals surface area contributed by atoms with Gasteiger partial charge in [-0.15, -0.1) is 0 Å². The highest BCUT2D eigenvalue weighted by molar-refractivity contribution is 9.10. The maximum absolute atomic E-state index is 13.0. The number of halogens is 2. The predicted molar refractivity (Wildman–Crippen MR) is 76.4 cm³/mol. The lowest BCUT2D eigenvalue weighted by molar-refractivity contribution is 0.153. The molecule has 18 heavy (non-hydrogen) atoms. The summed E-state index contributed by atoms with van der Waals surface area (Å²) >= 11 is 3.42. The van der Waals surface area contributed by atoms with E-state index in [4.69, 9.17) is 0 Å². The molecule has 0 aliphatic carbocycles. The molecule has 4 heteroatoms. The molecule has 0 amide bonds. The van der Waals surface area contributed by atoms with Gasteiger partial charge < -0.3 is 9.80 Å². The first-order valence-corrected chi connectivity index (χ1v) is 7.29. The van der Waals surface area contributed by atoms with E-state index in [1.54, 1.807) is 6.07 Å². The smallest absolute Gasteiger partial charge is 0.124 e. The van der Waals surface area contributed by atoms with Crippen molar-refractivity contribution in [3.05, 3.63) is 34.1 Å². The number of likely N-dealkylation sites (N-methyl/N-ethyl adjacent to an activating group) is 1. The monoisotopic (exact) mass is 314 g/mol. The van der Waals surface area contributed by atoms with E-state index in [0.717, 1.165) is 23.9 Å². The van der Waals surface area contributed by atoms with Crippen LogP contribution in [-0.2, 0) is 6.42 Å². The Balaban J connectivity index is 1.75. The Kier molecular flexibility index (Phi) is 5.15. The molecular weight excluding hydrogens is 295 g/mol. The van der Waals surface area contributed by atoms with Gasteiger partial charge in [0.25, 0.3) is 0 Å². The van der Waals surface area contributed by atoms with Crippen LogP contribution in [0.5, 0.6) is 0 Å². The molecule has 0 bridgehead atoms. The van der Waals surface area contributed by atoms with E-state index in [1.165, 1.54) is 37.8 Å². The minimum Gasteiger partial charge on any atom is -0.304 e. The third kappa shape index (κ3) is 4.04. The van der Waals surface area contributed by atoms with E-state index in [9.17, 15) is 4.39 Å². The molecule has 0 saturated carbocycles. The van der Waals surface area contributed by atoms with Crippen LogP contribution in [0.15, 0.2) is 22.7 Å². The summed E-state index contributed by atoms with van der Waals surface area (Å²) in [4.78, 5) is 4.88. The molecule has 2 nitrogen and oxygen atoms in total. The molecule has 0 spiro atoms. The molecule has 1 saturated heterocycles. The van der Waals surface area contributed by atoms with Crippen molar-refractivity contribution < 1.29 is 4.39 Å². The summed E-state index contributed by atoms with van der Waals surface area (Å²) in [5, 5.41) is 0. The number of benzene rings is 1. The second-order valence-electron chi connectivity index (χ2n) is 4.98. The average molecular weight is 315 g/mol. The number of aryl methyl sites for hydroxylation is 1. The number of hydrogen-bond donors (Lipinski definition) is 0. The van der Waals surface area contributed by atoms with Crippen molar-refractivity contribution >= 4 is 15.9 Å². The van der Waals surface area contributed by atoms with Crippen LogP contribution >= 0.6 is 15.9 Å². The second kappa shape index (κ2) is 6.64. The van der Waals surface area contributed by atoms with Crippen molar-refractivity contribution in [2.45, 2.75) is 12.8 Å². The van der Waals surface area contributed by atoms with E-state index in [1.807, 2.05) is 6.07 Å². The van der Waals surface area contributed by atoms with Gasteiger partial charge in [0.1, 0.15) is 5.82 Å². The summed E-state index contributed by atoms with van der Waals surface area (Å²) in [6, 6.07) is 4.96. The second-order valence-corrected chi connectivity index (χ2v) is 5.84. The summed E-state index contributed by atoms with van der Waals surface area (Å²) < 4.78 is 13.8. The highest BCUT2D eigenvalue weighted by Gasteiger charge is 2.13. The Morgan fingerprint density at radius 3 is 2.61 bits per heavy atom. The molecule has 1 aliphatic rings. The van der Waals surface area contributed by atoms with Crippen LogP contribution in [0.4, 0.5) is 4.39 Å². The first-order chi connectivity index (χ1) is 8.65. The van der Waals surface area contributed by atoms with Crippen LogP contribution in [0.2, 0.25) is 0 Å². The van der Waals surface area contributed by atoms with E-state index in [0.29, 0.717) is 0 Å². The van der Waals surface area contributed by atoms with Gasteiger partial charge in [0.15, 0.2) is 0 Å². The van der Waals surface area contributed by atoms with Crippen molar-refractivity contribution in [3.63, 3.8) is 0 Å². The van der Waals surface area contributed by atoms with Crippen LogP contribution in [0.3, 0.4) is 0 Å². The number of rotatable bonds is 4. The van der Waals surface area contributed by atoms with Crippen LogP contribution < -0.4 is 0 Å². The highest BCUT2D eigenvalue weighted by atomic mass is 79.9. The van der Waals surface area contributed by atoms with Crippen molar-refractivity contribution in [2.75, 3.05) is 39.8 Å². The summed E-state index contributed by atoms with van der Waals surface area (Å²) in [5.74, 6) is -0.176. The number of hydrogen-bond acceptors (Lipinski definition) is 2. The average Bonchev–Trinajstić information content (AvgIpc) is 2.34. The van der Waals surface area contributed by atoms with Gasteiger partial charge in [0, 0.05) is 30.7 Å². The van der Waals surface area contributed by atoms with Gasteiger partial charge in [0.2, 0.25) is 0 Å². The molecule has 100 valence electrons. The first kappa shape index (κ1) is 14.0. The van der Waals surface area contributed by atoms with Gasteiger partial charge in [-0.05, 0) is 44.1 Å². The normalized spacial score (nSPS) is 18.2. The highest BCUT2D eigenvalue weighted by Crippen LogP contribution is 2.19. The minimum absolute atomic E-state index is 0.176. The summed E-state index contributed by atoms with van der Waals surface area (Å²) in [6.45, 7) is 5.81. The van der Waals surface area contributed by atoms with Crippen molar-refractivity contribution in [1.82, 2.24) is 9.80 Å². The lowest BCUT2D eigenvalue weighted by Gasteiger charge is -2.32. The lowest BCUT2D eigenvalue weighted by Crippen LogP contribution is -2.44. The summed E-state index contributed by atoms with van der Waals surface area (Å²) in [6.07, 6.45) is 2.14. The van der Waals surface area contributed by atoms with Gasteiger partial charge in [-0.1, -0.05) is 22.0 Å². The molecule has 0 N–H and O–H groups in total. The maximum Gasteiger partial charge on any atom is 0.124 e. The molecule has 0 radical (unpaired) electrons. The van der Waals surface area contributed by atoms with Crippen molar-refractivity contribution in [3.8, 4) is 0 Å². The van der Waals surface area contributed by atoms with E-state index >= 15 is 0 Å². The minimum atomic E-state index is -0.176. The van der Waals surface area contributed by atoms with Crippen molar-refractivity contribution in [1.29, 1.82) is 0 Å². The molecule has 0 aromatic heterocycles. The Morgan fingerprint density at radius 2 is 1.94 bits per heavy atom. The topological polar surface area (TPSA) is 6.48 Å². The Bertz CT molecular complexity index is 389. The molecule has 1 aromatic carbocycles. The zero-order chi connectivity index (χ0) is 13.0. The zero-order valence-corrected chi connectivity index (χ0v) is 12.4. The Hall–Kier alpha value is -0.450. The molecule has 1 heterocycles. The molecule has 2 rings (SSSR count). The van der Waals surface area contributed by atoms with Gasteiger partial charge >= 0.3 is 0 Å². The van der Waals surface area contributed by atoms with Crippen LogP contribution in [-0.4, -0.2) is 49.6 Å². The molecule has 1 aliphatic heterocycles. The fraction of sp³-hybridized carbons (Fsp3) is 0.571. The van der Waals surface area contributed by atoms with Gasteiger partial charge in [-0.3, -0.25) is 0 Å². The fourth-order valence-electron chi connectivity index (χ4n) is 2.29. The quantitative estimate of drug-likeness (QED) is 0.843. The van der Waals surface area contributed by atoms with Gasteiger partial charge in [-0.25, -0.2) is 4.39 Å². The van der Waals surface area contributed by atoms with Gasteiger partial charge in [0.05, 0.1) is 0 Å². The Labute approximate surface area is 117 Å². The largest absolute Gasteiger partial charge is 0.304 e. The molecule has 1 aromatic rings. The number of nitrogens with zero attached hydrogens (tertiary/aromatic N) is 2. The third-order valence-corrected chi connectivity index (χ3v) is 4.27. The standard InChI is InChI=1S/C14H20BrFN2/c1-17-7-9-18(10-8-17)6-2-3-12-4-5-13(16)11-14(12)15/h4-5,11H,2-3,6-10H2,1H3. The van der Waals surface area contributed by atoms with Gasteiger partial charge in [-0.2, -0.15) is 0 Å². The van der Waals surface area contributed by atoms with Crippen molar-refractivity contribution in [2.24, 2.45) is 0 Å². The fourth-order valence-corrected chi connectivity index (χ4v) is 2.84.